The van der Waals surface area contributed by atoms with Gasteiger partial charge >= 0.3 is 0 Å². The molecular formula is C14H22N2O2. The van der Waals surface area contributed by atoms with Crippen molar-refractivity contribution in [2.75, 3.05) is 6.54 Å². The fraction of sp³-hybridized carbons (Fsp3) is 0.571. The maximum absolute atomic E-state index is 10.6. The van der Waals surface area contributed by atoms with Gasteiger partial charge in [-0.05, 0) is 30.9 Å². The summed E-state index contributed by atoms with van der Waals surface area (Å²) >= 11 is 0. The molecule has 100 valence electrons. The number of hydrogen-bond acceptors (Lipinski definition) is 3. The molecule has 0 saturated carbocycles. The first-order chi connectivity index (χ1) is 8.67. The summed E-state index contributed by atoms with van der Waals surface area (Å²) in [6.45, 7) is 2.87. The van der Waals surface area contributed by atoms with E-state index >= 15 is 0 Å². The summed E-state index contributed by atoms with van der Waals surface area (Å²) in [6.07, 6.45) is 5.73. The molecule has 0 aliphatic rings. The third-order valence-electron chi connectivity index (χ3n) is 3.22. The zero-order valence-electron chi connectivity index (χ0n) is 11.0. The highest BCUT2D eigenvalue weighted by Gasteiger charge is 2.09. The number of non-ortho nitro benzene ring substituents is 1. The Kier molecular flexibility index (Phi) is 6.36. The van der Waals surface area contributed by atoms with Crippen molar-refractivity contribution in [2.45, 2.75) is 39.0 Å². The number of hydrogen-bond donors (Lipinski definition) is 1. The van der Waals surface area contributed by atoms with E-state index in [1.54, 1.807) is 12.1 Å². The van der Waals surface area contributed by atoms with Crippen molar-refractivity contribution in [3.05, 3.63) is 39.9 Å². The quantitative estimate of drug-likeness (QED) is 0.437. The van der Waals surface area contributed by atoms with Crippen LogP contribution in [0.15, 0.2) is 24.3 Å². The average Bonchev–Trinajstić information content (AvgIpc) is 2.38. The SMILES string of the molecule is CCCCCC(CN)Cc1ccc([N+](=O)[O-])cc1. The fourth-order valence-corrected chi connectivity index (χ4v) is 2.07. The first-order valence-electron chi connectivity index (χ1n) is 6.60. The van der Waals surface area contributed by atoms with Crippen LogP contribution in [0.25, 0.3) is 0 Å². The number of nitrogens with zero attached hydrogens (tertiary/aromatic N) is 1. The van der Waals surface area contributed by atoms with Crippen LogP contribution in [0.1, 0.15) is 38.2 Å². The Hall–Kier alpha value is -1.42. The van der Waals surface area contributed by atoms with Crippen molar-refractivity contribution in [3.63, 3.8) is 0 Å². The Labute approximate surface area is 108 Å². The molecule has 1 rings (SSSR count). The number of rotatable bonds is 8. The van der Waals surface area contributed by atoms with Gasteiger partial charge in [-0.3, -0.25) is 10.1 Å². The van der Waals surface area contributed by atoms with Crippen LogP contribution in [-0.2, 0) is 6.42 Å². The standard InChI is InChI=1S/C14H22N2O2/c1-2-3-4-5-13(11-15)10-12-6-8-14(9-7-12)16(17)18/h6-9,13H,2-5,10-11,15H2,1H3. The third kappa shape index (κ3) is 4.84. The second-order valence-corrected chi connectivity index (χ2v) is 4.73. The Morgan fingerprint density at radius 2 is 1.94 bits per heavy atom. The maximum Gasteiger partial charge on any atom is 0.269 e. The summed E-state index contributed by atoms with van der Waals surface area (Å²) in [6, 6.07) is 6.80. The van der Waals surface area contributed by atoms with E-state index in [9.17, 15) is 10.1 Å². The van der Waals surface area contributed by atoms with E-state index in [-0.39, 0.29) is 10.6 Å². The fourth-order valence-electron chi connectivity index (χ4n) is 2.07. The van der Waals surface area contributed by atoms with Crippen LogP contribution in [0.3, 0.4) is 0 Å². The van der Waals surface area contributed by atoms with Gasteiger partial charge in [0.1, 0.15) is 0 Å². The highest BCUT2D eigenvalue weighted by molar-refractivity contribution is 5.33. The number of nitro benzene ring substituents is 1. The molecule has 0 aliphatic carbocycles. The summed E-state index contributed by atoms with van der Waals surface area (Å²) in [4.78, 5) is 10.2. The lowest BCUT2D eigenvalue weighted by atomic mass is 9.94. The Balaban J connectivity index is 2.50. The first-order valence-corrected chi connectivity index (χ1v) is 6.60. The lowest BCUT2D eigenvalue weighted by molar-refractivity contribution is -0.384. The molecule has 1 unspecified atom stereocenters. The van der Waals surface area contributed by atoms with Gasteiger partial charge < -0.3 is 5.73 Å². The number of benzene rings is 1. The van der Waals surface area contributed by atoms with Crippen LogP contribution in [0, 0.1) is 16.0 Å². The van der Waals surface area contributed by atoms with E-state index in [1.807, 2.05) is 12.1 Å². The highest BCUT2D eigenvalue weighted by atomic mass is 16.6. The van der Waals surface area contributed by atoms with Crippen molar-refractivity contribution in [1.82, 2.24) is 0 Å². The largest absolute Gasteiger partial charge is 0.330 e. The van der Waals surface area contributed by atoms with Gasteiger partial charge in [0.25, 0.3) is 5.69 Å². The Morgan fingerprint density at radius 1 is 1.28 bits per heavy atom. The van der Waals surface area contributed by atoms with Crippen LogP contribution < -0.4 is 5.73 Å². The molecule has 0 radical (unpaired) electrons. The van der Waals surface area contributed by atoms with Crippen molar-refractivity contribution in [2.24, 2.45) is 11.7 Å². The molecule has 0 fully saturated rings. The van der Waals surface area contributed by atoms with Gasteiger partial charge in [-0.15, -0.1) is 0 Å². The second-order valence-electron chi connectivity index (χ2n) is 4.73. The number of nitro groups is 1. The van der Waals surface area contributed by atoms with Gasteiger partial charge in [-0.2, -0.15) is 0 Å². The van der Waals surface area contributed by atoms with Gasteiger partial charge in [0.15, 0.2) is 0 Å². The van der Waals surface area contributed by atoms with Crippen molar-refractivity contribution < 1.29 is 4.92 Å². The monoisotopic (exact) mass is 250 g/mol. The summed E-state index contributed by atoms with van der Waals surface area (Å²) in [5.74, 6) is 0.484. The van der Waals surface area contributed by atoms with Crippen LogP contribution in [0.5, 0.6) is 0 Å². The molecule has 0 heterocycles. The minimum Gasteiger partial charge on any atom is -0.330 e. The van der Waals surface area contributed by atoms with E-state index in [1.165, 1.54) is 19.3 Å². The Morgan fingerprint density at radius 3 is 2.44 bits per heavy atom. The molecule has 0 amide bonds. The van der Waals surface area contributed by atoms with Crippen LogP contribution in [0.4, 0.5) is 5.69 Å². The predicted octanol–water partition coefficient (Wildman–Crippen LogP) is 3.29. The molecular weight excluding hydrogens is 228 g/mol. The Bertz CT molecular complexity index is 363. The molecule has 1 atom stereocenters. The smallest absolute Gasteiger partial charge is 0.269 e. The molecule has 4 nitrogen and oxygen atoms in total. The van der Waals surface area contributed by atoms with Gasteiger partial charge in [-0.25, -0.2) is 0 Å². The van der Waals surface area contributed by atoms with Crippen molar-refractivity contribution in [3.8, 4) is 0 Å². The van der Waals surface area contributed by atoms with Crippen LogP contribution in [0.2, 0.25) is 0 Å². The van der Waals surface area contributed by atoms with Crippen molar-refractivity contribution >= 4 is 5.69 Å². The van der Waals surface area contributed by atoms with Crippen molar-refractivity contribution in [1.29, 1.82) is 0 Å². The minimum atomic E-state index is -0.370. The predicted molar refractivity (Wildman–Crippen MR) is 73.5 cm³/mol. The molecule has 0 bridgehead atoms. The van der Waals surface area contributed by atoms with Crippen LogP contribution in [-0.4, -0.2) is 11.5 Å². The van der Waals surface area contributed by atoms with E-state index in [0.29, 0.717) is 12.5 Å². The van der Waals surface area contributed by atoms with Crippen LogP contribution >= 0.6 is 0 Å². The van der Waals surface area contributed by atoms with Gasteiger partial charge in [0.05, 0.1) is 4.92 Å². The average molecular weight is 250 g/mol. The highest BCUT2D eigenvalue weighted by Crippen LogP contribution is 2.18. The van der Waals surface area contributed by atoms with Gasteiger partial charge in [0, 0.05) is 12.1 Å². The molecule has 1 aromatic rings. The summed E-state index contributed by atoms with van der Waals surface area (Å²) in [5, 5.41) is 10.6. The topological polar surface area (TPSA) is 69.2 Å². The number of unbranched alkanes of at least 4 members (excludes halogenated alkanes) is 2. The molecule has 0 aliphatic heterocycles. The normalized spacial score (nSPS) is 12.3. The zero-order valence-corrected chi connectivity index (χ0v) is 11.0. The molecule has 2 N–H and O–H groups in total. The second kappa shape index (κ2) is 7.82. The number of nitrogens with two attached hydrogens (primary N) is 1. The van der Waals surface area contributed by atoms with E-state index in [4.69, 9.17) is 5.73 Å². The van der Waals surface area contributed by atoms with Gasteiger partial charge in [0.2, 0.25) is 0 Å². The molecule has 1 aromatic carbocycles. The molecule has 0 aromatic heterocycles. The van der Waals surface area contributed by atoms with Gasteiger partial charge in [-0.1, -0.05) is 38.3 Å². The minimum absolute atomic E-state index is 0.147. The summed E-state index contributed by atoms with van der Waals surface area (Å²) in [7, 11) is 0. The first kappa shape index (κ1) is 14.6. The zero-order chi connectivity index (χ0) is 13.4. The lowest BCUT2D eigenvalue weighted by Gasteiger charge is -2.14. The van der Waals surface area contributed by atoms with E-state index in [0.717, 1.165) is 18.4 Å². The third-order valence-corrected chi connectivity index (χ3v) is 3.22. The van der Waals surface area contributed by atoms with E-state index in [2.05, 4.69) is 6.92 Å². The molecule has 4 heteroatoms. The maximum atomic E-state index is 10.6. The lowest BCUT2D eigenvalue weighted by Crippen LogP contribution is -2.16. The molecule has 18 heavy (non-hydrogen) atoms. The summed E-state index contributed by atoms with van der Waals surface area (Å²) < 4.78 is 0. The molecule has 0 saturated heterocycles. The van der Waals surface area contributed by atoms with E-state index < -0.39 is 0 Å². The molecule has 0 spiro atoms. The summed E-state index contributed by atoms with van der Waals surface area (Å²) in [5.41, 5.74) is 7.05.